The highest BCUT2D eigenvalue weighted by molar-refractivity contribution is 5.91. The molecule has 0 aromatic carbocycles. The molecule has 31 heavy (non-hydrogen) atoms. The van der Waals surface area contributed by atoms with Crippen molar-refractivity contribution in [3.63, 3.8) is 0 Å². The highest BCUT2D eigenvalue weighted by Crippen LogP contribution is 2.18. The van der Waals surface area contributed by atoms with E-state index >= 15 is 0 Å². The fourth-order valence-electron chi connectivity index (χ4n) is 3.45. The molecule has 0 saturated carbocycles. The van der Waals surface area contributed by atoms with Gasteiger partial charge in [-0.3, -0.25) is 14.4 Å². The predicted octanol–water partition coefficient (Wildman–Crippen LogP) is -0.295. The lowest BCUT2D eigenvalue weighted by molar-refractivity contribution is -0.131. The molecule has 11 nitrogen and oxygen atoms in total. The predicted molar refractivity (Wildman–Crippen MR) is 110 cm³/mol. The molecule has 1 rings (SSSR count). The summed E-state index contributed by atoms with van der Waals surface area (Å²) in [6.45, 7) is 7.54. The van der Waals surface area contributed by atoms with Crippen LogP contribution in [0.15, 0.2) is 0 Å². The van der Waals surface area contributed by atoms with Crippen molar-refractivity contribution in [2.45, 2.75) is 71.2 Å². The average molecular weight is 440 g/mol. The number of aliphatic hydroxyl groups is 1. The van der Waals surface area contributed by atoms with Crippen LogP contribution in [0, 0.1) is 29.1 Å². The summed E-state index contributed by atoms with van der Waals surface area (Å²) in [6.07, 6.45) is -2.00. The van der Waals surface area contributed by atoms with E-state index in [2.05, 4.69) is 21.3 Å². The molecule has 0 aliphatic carbocycles. The lowest BCUT2D eigenvalue weighted by atomic mass is 9.94. The van der Waals surface area contributed by atoms with Gasteiger partial charge in [0.1, 0.15) is 12.1 Å². The van der Waals surface area contributed by atoms with Gasteiger partial charge in [0, 0.05) is 12.5 Å². The number of amides is 4. The molecule has 11 heteroatoms. The van der Waals surface area contributed by atoms with Crippen LogP contribution >= 0.6 is 0 Å². The lowest BCUT2D eigenvalue weighted by Gasteiger charge is -2.28. The maximum atomic E-state index is 12.9. The average Bonchev–Trinajstić information content (AvgIpc) is 3.07. The molecule has 0 radical (unpaired) electrons. The van der Waals surface area contributed by atoms with Crippen LogP contribution in [0.3, 0.4) is 0 Å². The molecule has 174 valence electrons. The van der Waals surface area contributed by atoms with Crippen LogP contribution in [-0.2, 0) is 14.4 Å². The van der Waals surface area contributed by atoms with Gasteiger partial charge in [-0.05, 0) is 31.1 Å². The fourth-order valence-corrected chi connectivity index (χ4v) is 3.45. The normalized spacial score (nSPS) is 19.7. The molecular formula is C20H33N5O6. The second-order valence-corrected chi connectivity index (χ2v) is 8.56. The van der Waals surface area contributed by atoms with Crippen LogP contribution in [0.5, 0.6) is 0 Å². The number of carboxylic acid groups (broad SMARTS) is 1. The van der Waals surface area contributed by atoms with Gasteiger partial charge in [0.25, 0.3) is 0 Å². The Balaban J connectivity index is 2.95. The zero-order valence-corrected chi connectivity index (χ0v) is 18.3. The number of hydrogen-bond donors (Lipinski definition) is 6. The first-order valence-corrected chi connectivity index (χ1v) is 10.4. The van der Waals surface area contributed by atoms with E-state index in [4.69, 9.17) is 10.4 Å². The Labute approximate surface area is 181 Å². The van der Waals surface area contributed by atoms with E-state index in [-0.39, 0.29) is 30.6 Å². The van der Waals surface area contributed by atoms with Crippen molar-refractivity contribution in [2.75, 3.05) is 6.54 Å². The molecule has 2 unspecified atom stereocenters. The zero-order chi connectivity index (χ0) is 23.7. The molecule has 1 aliphatic heterocycles. The van der Waals surface area contributed by atoms with Crippen LogP contribution < -0.4 is 21.3 Å². The monoisotopic (exact) mass is 439 g/mol. The van der Waals surface area contributed by atoms with Crippen molar-refractivity contribution in [1.29, 1.82) is 5.26 Å². The summed E-state index contributed by atoms with van der Waals surface area (Å²) < 4.78 is 0. The van der Waals surface area contributed by atoms with Gasteiger partial charge in [0.2, 0.25) is 17.7 Å². The highest BCUT2D eigenvalue weighted by atomic mass is 16.4. The second-order valence-electron chi connectivity index (χ2n) is 8.56. The van der Waals surface area contributed by atoms with Crippen LogP contribution in [0.4, 0.5) is 4.79 Å². The van der Waals surface area contributed by atoms with Crippen LogP contribution in [-0.4, -0.2) is 64.8 Å². The third kappa shape index (κ3) is 8.41. The van der Waals surface area contributed by atoms with Crippen molar-refractivity contribution in [1.82, 2.24) is 21.3 Å². The first-order valence-electron chi connectivity index (χ1n) is 10.4. The van der Waals surface area contributed by atoms with Gasteiger partial charge in [0.15, 0.2) is 6.10 Å². The van der Waals surface area contributed by atoms with E-state index < -0.39 is 48.1 Å². The molecule has 6 N–H and O–H groups in total. The number of nitrogens with zero attached hydrogens (tertiary/aromatic N) is 1. The Bertz CT molecular complexity index is 705. The number of carbonyl (C=O) groups is 4. The molecule has 0 bridgehead atoms. The molecule has 1 aliphatic rings. The van der Waals surface area contributed by atoms with Gasteiger partial charge >= 0.3 is 6.09 Å². The quantitative estimate of drug-likeness (QED) is 0.239. The summed E-state index contributed by atoms with van der Waals surface area (Å²) in [7, 11) is 0. The first kappa shape index (κ1) is 26.2. The van der Waals surface area contributed by atoms with E-state index in [9.17, 15) is 24.3 Å². The molecule has 0 aromatic rings. The molecule has 0 spiro atoms. The SMILES string of the molecule is CC(C)C[C@H](NC(=O)[C@@H](NC(=O)O)C(C)C)C(=O)N[C@@H](CC1CCNC1=O)C(O)C#N. The van der Waals surface area contributed by atoms with Gasteiger partial charge < -0.3 is 31.5 Å². The minimum atomic E-state index is -1.52. The molecule has 1 fully saturated rings. The maximum absolute atomic E-state index is 12.9. The van der Waals surface area contributed by atoms with Crippen molar-refractivity contribution in [3.8, 4) is 6.07 Å². The van der Waals surface area contributed by atoms with E-state index in [1.54, 1.807) is 19.9 Å². The number of carbonyl (C=O) groups excluding carboxylic acids is 3. The van der Waals surface area contributed by atoms with Crippen molar-refractivity contribution < 1.29 is 29.4 Å². The van der Waals surface area contributed by atoms with Gasteiger partial charge in [-0.1, -0.05) is 27.7 Å². The Morgan fingerprint density at radius 3 is 2.26 bits per heavy atom. The van der Waals surface area contributed by atoms with Gasteiger partial charge in [-0.25, -0.2) is 4.79 Å². The van der Waals surface area contributed by atoms with E-state index in [0.717, 1.165) is 0 Å². The minimum absolute atomic E-state index is 0.0148. The van der Waals surface area contributed by atoms with E-state index in [1.165, 1.54) is 0 Å². The number of nitrogens with one attached hydrogen (secondary N) is 4. The smallest absolute Gasteiger partial charge is 0.405 e. The third-order valence-electron chi connectivity index (χ3n) is 5.11. The highest BCUT2D eigenvalue weighted by Gasteiger charge is 2.34. The number of hydrogen-bond acceptors (Lipinski definition) is 6. The first-order chi connectivity index (χ1) is 14.5. The Kier molecular flexibility index (Phi) is 10.2. The molecule has 1 heterocycles. The van der Waals surface area contributed by atoms with Crippen LogP contribution in [0.2, 0.25) is 0 Å². The van der Waals surface area contributed by atoms with Crippen molar-refractivity contribution in [3.05, 3.63) is 0 Å². The maximum Gasteiger partial charge on any atom is 0.405 e. The van der Waals surface area contributed by atoms with Gasteiger partial charge in [-0.2, -0.15) is 5.26 Å². The summed E-state index contributed by atoms with van der Waals surface area (Å²) in [5, 5.41) is 38.1. The summed E-state index contributed by atoms with van der Waals surface area (Å²) >= 11 is 0. The van der Waals surface area contributed by atoms with Crippen molar-refractivity contribution in [2.24, 2.45) is 17.8 Å². The number of aliphatic hydroxyl groups excluding tert-OH is 1. The largest absolute Gasteiger partial charge is 0.465 e. The second kappa shape index (κ2) is 12.1. The Hall–Kier alpha value is -2.87. The van der Waals surface area contributed by atoms with E-state index in [0.29, 0.717) is 13.0 Å². The summed E-state index contributed by atoms with van der Waals surface area (Å²) in [6, 6.07) is -1.37. The molecule has 4 amide bonds. The standard InChI is InChI=1S/C20H33N5O6/c1-10(2)7-14(24-19(29)16(11(3)4)25-20(30)31)18(28)23-13(15(26)9-21)8-12-5-6-22-17(12)27/h10-16,25-26H,5-8H2,1-4H3,(H,22,27)(H,23,28)(H,24,29)(H,30,31)/t12?,13-,14-,15?,16-/m0/s1. The molecule has 5 atom stereocenters. The van der Waals surface area contributed by atoms with Crippen molar-refractivity contribution >= 4 is 23.8 Å². The van der Waals surface area contributed by atoms with Crippen LogP contribution in [0.25, 0.3) is 0 Å². The number of rotatable bonds is 11. The summed E-state index contributed by atoms with van der Waals surface area (Å²) in [5.74, 6) is -2.23. The lowest BCUT2D eigenvalue weighted by Crippen LogP contribution is -2.57. The topological polar surface area (TPSA) is 181 Å². The van der Waals surface area contributed by atoms with E-state index in [1.807, 2.05) is 13.8 Å². The summed E-state index contributed by atoms with van der Waals surface area (Å²) in [4.78, 5) is 48.4. The molecule has 1 saturated heterocycles. The molecular weight excluding hydrogens is 406 g/mol. The number of nitriles is 1. The minimum Gasteiger partial charge on any atom is -0.465 e. The molecule has 0 aromatic heterocycles. The van der Waals surface area contributed by atoms with Gasteiger partial charge in [0.05, 0.1) is 12.1 Å². The Morgan fingerprint density at radius 2 is 1.81 bits per heavy atom. The summed E-state index contributed by atoms with van der Waals surface area (Å²) in [5.41, 5.74) is 0. The Morgan fingerprint density at radius 1 is 1.16 bits per heavy atom. The third-order valence-corrected chi connectivity index (χ3v) is 5.11. The van der Waals surface area contributed by atoms with Gasteiger partial charge in [-0.15, -0.1) is 0 Å². The zero-order valence-electron chi connectivity index (χ0n) is 18.3. The fraction of sp³-hybridized carbons (Fsp3) is 0.750. The van der Waals surface area contributed by atoms with Crippen LogP contribution in [0.1, 0.15) is 47.0 Å².